The summed E-state index contributed by atoms with van der Waals surface area (Å²) in [5.74, 6) is -0.451. The fraction of sp³-hybridized carbons (Fsp3) is 0.526. The number of rotatable bonds is 5. The predicted molar refractivity (Wildman–Crippen MR) is 106 cm³/mol. The Hall–Kier alpha value is -2.46. The van der Waals surface area contributed by atoms with E-state index < -0.39 is 22.0 Å². The first kappa shape index (κ1) is 21.3. The zero-order valence-corrected chi connectivity index (χ0v) is 17.7. The Bertz CT molecular complexity index is 905. The van der Waals surface area contributed by atoms with Crippen molar-refractivity contribution in [1.29, 1.82) is 0 Å². The number of piperazine rings is 1. The van der Waals surface area contributed by atoms with Crippen LogP contribution in [0.1, 0.15) is 25.3 Å². The summed E-state index contributed by atoms with van der Waals surface area (Å²) in [4.78, 5) is 40.1. The number of urea groups is 1. The molecular weight excluding hydrogens is 396 g/mol. The van der Waals surface area contributed by atoms with E-state index in [0.717, 1.165) is 10.5 Å². The largest absolute Gasteiger partial charge is 0.338 e. The maximum atomic E-state index is 12.9. The molecule has 2 aliphatic heterocycles. The molecule has 3 rings (SSSR count). The van der Waals surface area contributed by atoms with Crippen molar-refractivity contribution in [2.45, 2.75) is 24.7 Å². The SMILES string of the molecule is CC(C)c1ccc(S(=O)(=O)N2CCN(C(=O)CN3C(=O)CN(C)C3=O)CC2)cc1. The van der Waals surface area contributed by atoms with Gasteiger partial charge in [-0.05, 0) is 23.6 Å². The minimum absolute atomic E-state index is 0.0340. The summed E-state index contributed by atoms with van der Waals surface area (Å²) in [6, 6.07) is 6.37. The fourth-order valence-corrected chi connectivity index (χ4v) is 4.83. The molecule has 29 heavy (non-hydrogen) atoms. The van der Waals surface area contributed by atoms with Gasteiger partial charge in [0.2, 0.25) is 15.9 Å². The fourth-order valence-electron chi connectivity index (χ4n) is 3.41. The van der Waals surface area contributed by atoms with Gasteiger partial charge in [0.1, 0.15) is 13.1 Å². The molecular formula is C19H26N4O5S. The molecule has 2 saturated heterocycles. The van der Waals surface area contributed by atoms with Crippen LogP contribution in [0, 0.1) is 0 Å². The number of amides is 4. The number of carbonyl (C=O) groups excluding carboxylic acids is 3. The molecule has 4 amide bonds. The summed E-state index contributed by atoms with van der Waals surface area (Å²) >= 11 is 0. The molecule has 2 fully saturated rings. The van der Waals surface area contributed by atoms with E-state index in [4.69, 9.17) is 0 Å². The zero-order valence-electron chi connectivity index (χ0n) is 16.9. The van der Waals surface area contributed by atoms with E-state index >= 15 is 0 Å². The van der Waals surface area contributed by atoms with Gasteiger partial charge in [0.15, 0.2) is 0 Å². The van der Waals surface area contributed by atoms with Crippen LogP contribution in [0.2, 0.25) is 0 Å². The van der Waals surface area contributed by atoms with Crippen molar-refractivity contribution in [3.63, 3.8) is 0 Å². The van der Waals surface area contributed by atoms with Crippen molar-refractivity contribution in [3.8, 4) is 0 Å². The molecule has 2 heterocycles. The molecule has 0 N–H and O–H groups in total. The highest BCUT2D eigenvalue weighted by Crippen LogP contribution is 2.21. The van der Waals surface area contributed by atoms with Crippen LogP contribution < -0.4 is 0 Å². The van der Waals surface area contributed by atoms with Gasteiger partial charge >= 0.3 is 6.03 Å². The molecule has 2 aliphatic rings. The Morgan fingerprint density at radius 3 is 2.10 bits per heavy atom. The van der Waals surface area contributed by atoms with Crippen LogP contribution >= 0.6 is 0 Å². The van der Waals surface area contributed by atoms with E-state index in [0.29, 0.717) is 5.92 Å². The van der Waals surface area contributed by atoms with Gasteiger partial charge in [-0.15, -0.1) is 0 Å². The standard InChI is InChI=1S/C19H26N4O5S/c1-14(2)15-4-6-16(7-5-15)29(27,28)22-10-8-21(9-11-22)17(24)13-23-18(25)12-20(3)19(23)26/h4-7,14H,8-13H2,1-3H3. The lowest BCUT2D eigenvalue weighted by molar-refractivity contribution is -0.137. The van der Waals surface area contributed by atoms with Crippen molar-refractivity contribution in [1.82, 2.24) is 19.0 Å². The second-order valence-corrected chi connectivity index (χ2v) is 9.57. The van der Waals surface area contributed by atoms with Crippen LogP contribution in [0.3, 0.4) is 0 Å². The Kier molecular flexibility index (Phi) is 5.95. The topological polar surface area (TPSA) is 98.3 Å². The highest BCUT2D eigenvalue weighted by atomic mass is 32.2. The van der Waals surface area contributed by atoms with Gasteiger partial charge in [-0.1, -0.05) is 26.0 Å². The van der Waals surface area contributed by atoms with Crippen LogP contribution in [-0.4, -0.2) is 91.6 Å². The Morgan fingerprint density at radius 2 is 1.62 bits per heavy atom. The maximum absolute atomic E-state index is 12.9. The first-order valence-corrected chi connectivity index (χ1v) is 11.0. The summed E-state index contributed by atoms with van der Waals surface area (Å²) in [5.41, 5.74) is 1.07. The van der Waals surface area contributed by atoms with Crippen molar-refractivity contribution in [2.24, 2.45) is 0 Å². The number of imide groups is 1. The molecule has 0 atom stereocenters. The second-order valence-electron chi connectivity index (χ2n) is 7.63. The van der Waals surface area contributed by atoms with Gasteiger partial charge in [-0.2, -0.15) is 4.31 Å². The van der Waals surface area contributed by atoms with E-state index in [1.807, 2.05) is 26.0 Å². The summed E-state index contributed by atoms with van der Waals surface area (Å²) in [7, 11) is -2.13. The Labute approximate surface area is 170 Å². The number of sulfonamides is 1. The van der Waals surface area contributed by atoms with Crippen molar-refractivity contribution < 1.29 is 22.8 Å². The van der Waals surface area contributed by atoms with E-state index in [1.54, 1.807) is 12.1 Å². The van der Waals surface area contributed by atoms with Crippen LogP contribution in [0.25, 0.3) is 0 Å². The Balaban J connectivity index is 1.60. The van der Waals surface area contributed by atoms with Crippen molar-refractivity contribution >= 4 is 27.9 Å². The monoisotopic (exact) mass is 422 g/mol. The van der Waals surface area contributed by atoms with Crippen molar-refractivity contribution in [2.75, 3.05) is 46.3 Å². The molecule has 9 nitrogen and oxygen atoms in total. The van der Waals surface area contributed by atoms with Gasteiger partial charge in [0.25, 0.3) is 5.91 Å². The lowest BCUT2D eigenvalue weighted by atomic mass is 10.0. The molecule has 0 saturated carbocycles. The minimum Gasteiger partial charge on any atom is -0.338 e. The first-order valence-electron chi connectivity index (χ1n) is 9.54. The van der Waals surface area contributed by atoms with Gasteiger partial charge in [0.05, 0.1) is 4.90 Å². The first-order chi connectivity index (χ1) is 13.6. The zero-order chi connectivity index (χ0) is 21.3. The Morgan fingerprint density at radius 1 is 1.03 bits per heavy atom. The number of carbonyl (C=O) groups is 3. The van der Waals surface area contributed by atoms with Crippen LogP contribution in [0.15, 0.2) is 29.2 Å². The van der Waals surface area contributed by atoms with E-state index in [-0.39, 0.29) is 50.1 Å². The molecule has 10 heteroatoms. The molecule has 0 aliphatic carbocycles. The molecule has 0 spiro atoms. The summed E-state index contributed by atoms with van der Waals surface area (Å²) in [6.07, 6.45) is 0. The quantitative estimate of drug-likeness (QED) is 0.645. The third kappa shape index (κ3) is 4.27. The van der Waals surface area contributed by atoms with E-state index in [2.05, 4.69) is 0 Å². The number of likely N-dealkylation sites (N-methyl/N-ethyl adjacent to an activating group) is 1. The maximum Gasteiger partial charge on any atom is 0.327 e. The molecule has 0 aromatic heterocycles. The summed E-state index contributed by atoms with van der Waals surface area (Å²) < 4.78 is 27.1. The minimum atomic E-state index is -3.63. The number of benzene rings is 1. The third-order valence-electron chi connectivity index (χ3n) is 5.30. The van der Waals surface area contributed by atoms with Gasteiger partial charge in [-0.3, -0.25) is 14.5 Å². The summed E-state index contributed by atoms with van der Waals surface area (Å²) in [6.45, 7) is 4.51. The number of nitrogens with zero attached hydrogens (tertiary/aromatic N) is 4. The molecule has 0 radical (unpaired) electrons. The lowest BCUT2D eigenvalue weighted by Gasteiger charge is -2.34. The third-order valence-corrected chi connectivity index (χ3v) is 7.21. The summed E-state index contributed by atoms with van der Waals surface area (Å²) in [5, 5.41) is 0. The second kappa shape index (κ2) is 8.11. The van der Waals surface area contributed by atoms with E-state index in [1.165, 1.54) is 21.2 Å². The molecule has 0 unspecified atom stereocenters. The molecule has 1 aromatic carbocycles. The average molecular weight is 423 g/mol. The van der Waals surface area contributed by atoms with Gasteiger partial charge in [-0.25, -0.2) is 13.2 Å². The lowest BCUT2D eigenvalue weighted by Crippen LogP contribution is -2.53. The smallest absolute Gasteiger partial charge is 0.327 e. The number of hydrogen-bond donors (Lipinski definition) is 0. The van der Waals surface area contributed by atoms with Crippen molar-refractivity contribution in [3.05, 3.63) is 29.8 Å². The van der Waals surface area contributed by atoms with Crippen LogP contribution in [0.5, 0.6) is 0 Å². The number of hydrogen-bond acceptors (Lipinski definition) is 5. The molecule has 158 valence electrons. The van der Waals surface area contributed by atoms with Crippen LogP contribution in [0.4, 0.5) is 4.79 Å². The van der Waals surface area contributed by atoms with E-state index in [9.17, 15) is 22.8 Å². The molecule has 1 aromatic rings. The van der Waals surface area contributed by atoms with Gasteiger partial charge in [0, 0.05) is 33.2 Å². The molecule has 0 bridgehead atoms. The highest BCUT2D eigenvalue weighted by molar-refractivity contribution is 7.89. The predicted octanol–water partition coefficient (Wildman–Crippen LogP) is 0.537. The average Bonchev–Trinajstić information content (AvgIpc) is 2.94. The normalized spacial score (nSPS) is 18.8. The van der Waals surface area contributed by atoms with Crippen LogP contribution in [-0.2, 0) is 19.6 Å². The highest BCUT2D eigenvalue weighted by Gasteiger charge is 2.37. The van der Waals surface area contributed by atoms with Gasteiger partial charge < -0.3 is 9.80 Å².